The average Bonchev–Trinajstić information content (AvgIpc) is 2.36. The summed E-state index contributed by atoms with van der Waals surface area (Å²) in [5.74, 6) is -0.130. The molecule has 0 fully saturated rings. The second-order valence-electron chi connectivity index (χ2n) is 1.77. The molecular formula is C5H3FN4. The fourth-order valence-corrected chi connectivity index (χ4v) is 0.713. The van der Waals surface area contributed by atoms with Crippen LogP contribution in [0.4, 0.5) is 4.39 Å². The maximum atomic E-state index is 12.7. The van der Waals surface area contributed by atoms with E-state index in [2.05, 4.69) is 15.2 Å². The van der Waals surface area contributed by atoms with Gasteiger partial charge in [-0.15, -0.1) is 10.2 Å². The van der Waals surface area contributed by atoms with Gasteiger partial charge in [0, 0.05) is 12.3 Å². The minimum absolute atomic E-state index is 0.278. The van der Waals surface area contributed by atoms with Gasteiger partial charge in [-0.25, -0.2) is 9.38 Å². The van der Waals surface area contributed by atoms with Gasteiger partial charge in [-0.2, -0.15) is 4.39 Å². The third-order valence-electron chi connectivity index (χ3n) is 1.16. The Balaban J connectivity index is 2.95. The molecule has 0 saturated heterocycles. The molecule has 0 aliphatic rings. The van der Waals surface area contributed by atoms with Crippen LogP contribution in [0, 0.1) is 5.95 Å². The van der Waals surface area contributed by atoms with Crippen LogP contribution in [0.3, 0.4) is 0 Å². The van der Waals surface area contributed by atoms with E-state index in [0.717, 1.165) is 0 Å². The molecule has 0 spiro atoms. The molecule has 0 radical (unpaired) electrons. The average molecular weight is 138 g/mol. The number of fused-ring (bicyclic) bond motifs is 1. The number of hydrogen-bond acceptors (Lipinski definition) is 3. The molecule has 0 bridgehead atoms. The van der Waals surface area contributed by atoms with E-state index in [1.807, 2.05) is 0 Å². The van der Waals surface area contributed by atoms with Crippen molar-refractivity contribution in [2.75, 3.05) is 0 Å². The van der Waals surface area contributed by atoms with Gasteiger partial charge in [-0.3, -0.25) is 0 Å². The Labute approximate surface area is 55.3 Å². The highest BCUT2D eigenvalue weighted by Crippen LogP contribution is 1.97. The Morgan fingerprint density at radius 2 is 2.40 bits per heavy atom. The van der Waals surface area contributed by atoms with Crippen LogP contribution in [0.1, 0.15) is 0 Å². The van der Waals surface area contributed by atoms with Crippen molar-refractivity contribution in [2.24, 2.45) is 0 Å². The zero-order valence-corrected chi connectivity index (χ0v) is 4.90. The van der Waals surface area contributed by atoms with Gasteiger partial charge in [0.05, 0.1) is 0 Å². The van der Waals surface area contributed by atoms with E-state index in [1.54, 1.807) is 0 Å². The van der Waals surface area contributed by atoms with Crippen LogP contribution in [0.5, 0.6) is 0 Å². The summed E-state index contributed by atoms with van der Waals surface area (Å²) in [7, 11) is 0. The van der Waals surface area contributed by atoms with Gasteiger partial charge in [0.2, 0.25) is 5.95 Å². The Bertz CT molecular complexity index is 355. The number of aromatic nitrogens is 4. The normalized spacial score (nSPS) is 10.5. The van der Waals surface area contributed by atoms with Crippen LogP contribution in [0.25, 0.3) is 5.78 Å². The lowest BCUT2D eigenvalue weighted by Gasteiger charge is -1.89. The van der Waals surface area contributed by atoms with E-state index in [0.29, 0.717) is 0 Å². The first-order valence-corrected chi connectivity index (χ1v) is 2.68. The minimum Gasteiger partial charge on any atom is -0.241 e. The zero-order valence-electron chi connectivity index (χ0n) is 4.90. The monoisotopic (exact) mass is 138 g/mol. The second-order valence-corrected chi connectivity index (χ2v) is 1.77. The van der Waals surface area contributed by atoms with Crippen molar-refractivity contribution in [3.63, 3.8) is 0 Å². The van der Waals surface area contributed by atoms with Crippen molar-refractivity contribution in [1.82, 2.24) is 19.6 Å². The number of hydrogen-bond donors (Lipinski definition) is 0. The maximum Gasteiger partial charge on any atom is 0.257 e. The Morgan fingerprint density at radius 1 is 1.50 bits per heavy atom. The van der Waals surface area contributed by atoms with Crippen LogP contribution in [0.2, 0.25) is 0 Å². The van der Waals surface area contributed by atoms with Crippen molar-refractivity contribution in [3.8, 4) is 0 Å². The number of nitrogens with zero attached hydrogens (tertiary/aromatic N) is 4. The van der Waals surface area contributed by atoms with Crippen molar-refractivity contribution < 1.29 is 4.39 Å². The van der Waals surface area contributed by atoms with Crippen molar-refractivity contribution in [1.29, 1.82) is 0 Å². The van der Waals surface area contributed by atoms with E-state index >= 15 is 0 Å². The first kappa shape index (κ1) is 5.28. The van der Waals surface area contributed by atoms with Crippen LogP contribution >= 0.6 is 0 Å². The van der Waals surface area contributed by atoms with Gasteiger partial charge < -0.3 is 0 Å². The third-order valence-corrected chi connectivity index (χ3v) is 1.16. The topological polar surface area (TPSA) is 43.1 Å². The molecule has 4 nitrogen and oxygen atoms in total. The van der Waals surface area contributed by atoms with Crippen LogP contribution < -0.4 is 0 Å². The Morgan fingerprint density at radius 3 is 3.20 bits per heavy atom. The SMILES string of the molecule is Fc1ccnc2nncn12. The van der Waals surface area contributed by atoms with Gasteiger partial charge in [-0.1, -0.05) is 0 Å². The molecular weight excluding hydrogens is 135 g/mol. The first-order valence-electron chi connectivity index (χ1n) is 2.68. The molecule has 0 aromatic carbocycles. The lowest BCUT2D eigenvalue weighted by molar-refractivity contribution is 0.563. The molecule has 0 saturated carbocycles. The summed E-state index contributed by atoms with van der Waals surface area (Å²) >= 11 is 0. The lowest BCUT2D eigenvalue weighted by Crippen LogP contribution is -1.91. The third kappa shape index (κ3) is 0.570. The standard InChI is InChI=1S/C5H3FN4/c6-4-1-2-7-5-9-8-3-10(4)5/h1-3H. The maximum absolute atomic E-state index is 12.7. The Hall–Kier alpha value is -1.52. The molecule has 0 aliphatic heterocycles. The molecule has 0 amide bonds. The molecule has 0 atom stereocenters. The van der Waals surface area contributed by atoms with Gasteiger partial charge >= 0.3 is 0 Å². The molecule has 2 aromatic rings. The fraction of sp³-hybridized carbons (Fsp3) is 0. The summed E-state index contributed by atoms with van der Waals surface area (Å²) in [6.07, 6.45) is 2.62. The van der Waals surface area contributed by atoms with E-state index in [1.165, 1.54) is 23.0 Å². The summed E-state index contributed by atoms with van der Waals surface area (Å²) < 4.78 is 13.8. The first-order chi connectivity index (χ1) is 4.88. The highest BCUT2D eigenvalue weighted by atomic mass is 19.1. The molecule has 50 valence electrons. The summed E-state index contributed by atoms with van der Waals surface area (Å²) in [6, 6.07) is 1.25. The minimum atomic E-state index is -0.407. The molecule has 5 heteroatoms. The van der Waals surface area contributed by atoms with Crippen molar-refractivity contribution in [3.05, 3.63) is 24.5 Å². The molecule has 2 heterocycles. The fourth-order valence-electron chi connectivity index (χ4n) is 0.713. The highest BCUT2D eigenvalue weighted by molar-refractivity contribution is 5.23. The van der Waals surface area contributed by atoms with Crippen molar-refractivity contribution >= 4 is 5.78 Å². The predicted molar refractivity (Wildman–Crippen MR) is 30.7 cm³/mol. The number of rotatable bonds is 0. The molecule has 0 aliphatic carbocycles. The Kier molecular flexibility index (Phi) is 0.913. The van der Waals surface area contributed by atoms with E-state index in [4.69, 9.17) is 0 Å². The second kappa shape index (κ2) is 1.73. The summed E-state index contributed by atoms with van der Waals surface area (Å²) in [5.41, 5.74) is 0. The van der Waals surface area contributed by atoms with Gasteiger partial charge in [0.15, 0.2) is 0 Å². The summed E-state index contributed by atoms with van der Waals surface area (Å²) in [5, 5.41) is 7.01. The van der Waals surface area contributed by atoms with Gasteiger partial charge in [-0.05, 0) is 0 Å². The van der Waals surface area contributed by atoms with Gasteiger partial charge in [0.25, 0.3) is 5.78 Å². The van der Waals surface area contributed by atoms with E-state index in [9.17, 15) is 4.39 Å². The zero-order chi connectivity index (χ0) is 6.97. The van der Waals surface area contributed by atoms with Crippen LogP contribution in [-0.2, 0) is 0 Å². The van der Waals surface area contributed by atoms with Crippen molar-refractivity contribution in [2.45, 2.75) is 0 Å². The molecule has 2 aromatic heterocycles. The quantitative estimate of drug-likeness (QED) is 0.490. The largest absolute Gasteiger partial charge is 0.257 e. The van der Waals surface area contributed by atoms with Gasteiger partial charge in [0.1, 0.15) is 6.33 Å². The summed E-state index contributed by atoms with van der Waals surface area (Å²) in [4.78, 5) is 3.75. The smallest absolute Gasteiger partial charge is 0.241 e. The number of halogens is 1. The molecule has 0 N–H and O–H groups in total. The summed E-state index contributed by atoms with van der Waals surface area (Å²) in [6.45, 7) is 0. The molecule has 0 unspecified atom stereocenters. The van der Waals surface area contributed by atoms with E-state index in [-0.39, 0.29) is 5.78 Å². The molecule has 2 rings (SSSR count). The highest BCUT2D eigenvalue weighted by Gasteiger charge is 1.98. The lowest BCUT2D eigenvalue weighted by atomic mass is 10.6. The van der Waals surface area contributed by atoms with Crippen LogP contribution in [0.15, 0.2) is 18.6 Å². The van der Waals surface area contributed by atoms with Crippen LogP contribution in [-0.4, -0.2) is 19.6 Å². The molecule has 10 heavy (non-hydrogen) atoms. The van der Waals surface area contributed by atoms with E-state index < -0.39 is 5.95 Å². The predicted octanol–water partition coefficient (Wildman–Crippen LogP) is 0.263.